The molecule has 1 aliphatic rings. The van der Waals surface area contributed by atoms with Crippen LogP contribution in [0, 0.1) is 17.1 Å². The van der Waals surface area contributed by atoms with Gasteiger partial charge in [-0.05, 0) is 54.8 Å². The number of piperazine rings is 1. The minimum Gasteiger partial charge on any atom is -0.364 e. The fraction of sp³-hybridized carbons (Fsp3) is 0.333. The Morgan fingerprint density at radius 2 is 1.82 bits per heavy atom. The van der Waals surface area contributed by atoms with Crippen LogP contribution in [-0.4, -0.2) is 44.6 Å². The molecule has 1 aliphatic heterocycles. The number of halogens is 1. The van der Waals surface area contributed by atoms with E-state index in [9.17, 15) is 14.4 Å². The number of benzene rings is 1. The van der Waals surface area contributed by atoms with Crippen LogP contribution in [0.5, 0.6) is 0 Å². The van der Waals surface area contributed by atoms with Gasteiger partial charge in [-0.15, -0.1) is 0 Å². The largest absolute Gasteiger partial charge is 0.364 e. The maximum absolute atomic E-state index is 13.8. The highest BCUT2D eigenvalue weighted by atomic mass is 19.1. The van der Waals surface area contributed by atoms with Crippen LogP contribution in [-0.2, 0) is 7.05 Å². The van der Waals surface area contributed by atoms with E-state index in [2.05, 4.69) is 34.7 Å². The zero-order valence-electron chi connectivity index (χ0n) is 21.9. The molecule has 1 fully saturated rings. The van der Waals surface area contributed by atoms with Gasteiger partial charge in [0, 0.05) is 44.5 Å². The average molecular weight is 511 g/mol. The highest BCUT2D eigenvalue weighted by Crippen LogP contribution is 2.36. The first-order valence-electron chi connectivity index (χ1n) is 13.0. The van der Waals surface area contributed by atoms with Gasteiger partial charge in [-0.2, -0.15) is 5.26 Å². The Morgan fingerprint density at radius 3 is 2.47 bits per heavy atom. The molecule has 0 aliphatic carbocycles. The van der Waals surface area contributed by atoms with Gasteiger partial charge in [0.15, 0.2) is 0 Å². The quantitative estimate of drug-likeness (QED) is 0.371. The zero-order chi connectivity index (χ0) is 26.8. The molecule has 1 saturated heterocycles. The Hall–Kier alpha value is -4.09. The molecule has 0 bridgehead atoms. The molecule has 38 heavy (non-hydrogen) atoms. The van der Waals surface area contributed by atoms with Crippen molar-refractivity contribution in [1.29, 1.82) is 5.26 Å². The van der Waals surface area contributed by atoms with E-state index in [1.165, 1.54) is 12.1 Å². The SMILES string of the molecule is CC[C@H]1CN(C(c2ccc(F)cc2)c2ccccn2)[C@H](CC)CN1c1cc(=O)n(C)c2ccc(C#N)nc12. The summed E-state index contributed by atoms with van der Waals surface area (Å²) in [5.74, 6) is -0.265. The van der Waals surface area contributed by atoms with Crippen LogP contribution in [0.25, 0.3) is 11.0 Å². The number of fused-ring (bicyclic) bond motifs is 1. The zero-order valence-corrected chi connectivity index (χ0v) is 21.9. The summed E-state index contributed by atoms with van der Waals surface area (Å²) in [7, 11) is 1.73. The maximum atomic E-state index is 13.8. The van der Waals surface area contributed by atoms with Crippen molar-refractivity contribution in [3.05, 3.63) is 100.0 Å². The molecule has 4 heterocycles. The molecule has 194 valence electrons. The van der Waals surface area contributed by atoms with E-state index >= 15 is 0 Å². The Bertz CT molecular complexity index is 1530. The van der Waals surface area contributed by atoms with Crippen LogP contribution in [0.2, 0.25) is 0 Å². The van der Waals surface area contributed by atoms with Gasteiger partial charge in [0.05, 0.1) is 22.9 Å². The fourth-order valence-corrected chi connectivity index (χ4v) is 5.60. The lowest BCUT2D eigenvalue weighted by Crippen LogP contribution is -2.59. The molecule has 1 aromatic carbocycles. The van der Waals surface area contributed by atoms with E-state index in [4.69, 9.17) is 4.98 Å². The third kappa shape index (κ3) is 4.66. The highest BCUT2D eigenvalue weighted by Gasteiger charge is 2.38. The summed E-state index contributed by atoms with van der Waals surface area (Å²) in [6.07, 6.45) is 3.52. The van der Waals surface area contributed by atoms with E-state index < -0.39 is 0 Å². The molecule has 7 nitrogen and oxygen atoms in total. The van der Waals surface area contributed by atoms with Crippen LogP contribution in [0.1, 0.15) is 49.7 Å². The second kappa shape index (κ2) is 10.7. The van der Waals surface area contributed by atoms with Crippen LogP contribution < -0.4 is 10.5 Å². The van der Waals surface area contributed by atoms with Crippen LogP contribution in [0.3, 0.4) is 0 Å². The van der Waals surface area contributed by atoms with E-state index in [1.54, 1.807) is 36.0 Å². The van der Waals surface area contributed by atoms with Crippen molar-refractivity contribution < 1.29 is 4.39 Å². The summed E-state index contributed by atoms with van der Waals surface area (Å²) in [5, 5.41) is 9.50. The maximum Gasteiger partial charge on any atom is 0.252 e. The van der Waals surface area contributed by atoms with Gasteiger partial charge < -0.3 is 9.47 Å². The molecule has 4 aromatic rings. The molecule has 5 rings (SSSR count). The van der Waals surface area contributed by atoms with Crippen LogP contribution in [0.15, 0.2) is 71.7 Å². The predicted octanol–water partition coefficient (Wildman–Crippen LogP) is 4.81. The van der Waals surface area contributed by atoms with Gasteiger partial charge in [-0.3, -0.25) is 14.7 Å². The number of nitriles is 1. The molecular weight excluding hydrogens is 479 g/mol. The van der Waals surface area contributed by atoms with Gasteiger partial charge in [0.25, 0.3) is 5.56 Å². The van der Waals surface area contributed by atoms with Crippen LogP contribution >= 0.6 is 0 Å². The molecule has 3 aromatic heterocycles. The number of anilines is 1. The monoisotopic (exact) mass is 510 g/mol. The van der Waals surface area contributed by atoms with Crippen molar-refractivity contribution in [2.24, 2.45) is 7.05 Å². The molecule has 0 N–H and O–H groups in total. The predicted molar refractivity (Wildman–Crippen MR) is 146 cm³/mol. The standard InChI is InChI=1S/C30H31FN6O/c1-4-23-19-37(30(25-8-6-7-15-33-25)20-9-11-21(31)12-10-20)24(5-2)18-36(23)27-16-28(38)35(3)26-14-13-22(17-32)34-29(26)27/h6-16,23-24,30H,4-5,18-19H2,1-3H3/t23-,24+,30?/m0/s1. The molecule has 0 amide bonds. The Labute approximate surface area is 221 Å². The van der Waals surface area contributed by atoms with Crippen molar-refractivity contribution in [2.75, 3.05) is 18.0 Å². The van der Waals surface area contributed by atoms with Gasteiger partial charge in [-0.25, -0.2) is 9.37 Å². The lowest BCUT2D eigenvalue weighted by Gasteiger charge is -2.50. The van der Waals surface area contributed by atoms with Gasteiger partial charge in [-0.1, -0.05) is 32.0 Å². The summed E-state index contributed by atoms with van der Waals surface area (Å²) < 4.78 is 15.4. The summed E-state index contributed by atoms with van der Waals surface area (Å²) in [4.78, 5) is 27.0. The van der Waals surface area contributed by atoms with Crippen LogP contribution in [0.4, 0.5) is 10.1 Å². The van der Waals surface area contributed by atoms with Gasteiger partial charge in [0.1, 0.15) is 23.1 Å². The second-order valence-corrected chi connectivity index (χ2v) is 9.78. The number of rotatable bonds is 6. The highest BCUT2D eigenvalue weighted by molar-refractivity contribution is 5.89. The topological polar surface area (TPSA) is 78.0 Å². The minimum absolute atomic E-state index is 0.0901. The Morgan fingerprint density at radius 1 is 1.05 bits per heavy atom. The third-order valence-electron chi connectivity index (χ3n) is 7.66. The molecule has 1 unspecified atom stereocenters. The molecule has 0 spiro atoms. The lowest BCUT2D eigenvalue weighted by molar-refractivity contribution is 0.109. The number of hydrogen-bond donors (Lipinski definition) is 0. The fourth-order valence-electron chi connectivity index (χ4n) is 5.60. The van der Waals surface area contributed by atoms with Crippen molar-refractivity contribution >= 4 is 16.7 Å². The van der Waals surface area contributed by atoms with E-state index in [0.29, 0.717) is 23.3 Å². The number of aromatic nitrogens is 3. The average Bonchev–Trinajstić information content (AvgIpc) is 2.96. The Kier molecular flexibility index (Phi) is 7.21. The summed E-state index contributed by atoms with van der Waals surface area (Å²) in [6, 6.07) is 19.9. The molecule has 0 radical (unpaired) electrons. The van der Waals surface area contributed by atoms with Gasteiger partial charge >= 0.3 is 0 Å². The van der Waals surface area contributed by atoms with E-state index in [1.807, 2.05) is 30.3 Å². The molecule has 3 atom stereocenters. The van der Waals surface area contributed by atoms with E-state index in [0.717, 1.165) is 36.3 Å². The number of pyridine rings is 3. The second-order valence-electron chi connectivity index (χ2n) is 9.78. The Balaban J connectivity index is 1.60. The summed E-state index contributed by atoms with van der Waals surface area (Å²) in [6.45, 7) is 5.71. The van der Waals surface area contributed by atoms with Crippen molar-refractivity contribution in [3.63, 3.8) is 0 Å². The van der Waals surface area contributed by atoms with Crippen molar-refractivity contribution in [1.82, 2.24) is 19.4 Å². The number of nitrogens with zero attached hydrogens (tertiary/aromatic N) is 6. The first kappa shape index (κ1) is 25.6. The summed E-state index contributed by atoms with van der Waals surface area (Å²) in [5.41, 5.74) is 4.25. The summed E-state index contributed by atoms with van der Waals surface area (Å²) >= 11 is 0. The first-order chi connectivity index (χ1) is 18.4. The molecular formula is C30H31FN6O. The molecule has 8 heteroatoms. The minimum atomic E-state index is -0.265. The van der Waals surface area contributed by atoms with Crippen molar-refractivity contribution in [2.45, 2.75) is 44.8 Å². The van der Waals surface area contributed by atoms with Crippen molar-refractivity contribution in [3.8, 4) is 6.07 Å². The number of hydrogen-bond acceptors (Lipinski definition) is 6. The third-order valence-corrected chi connectivity index (χ3v) is 7.66. The first-order valence-corrected chi connectivity index (χ1v) is 13.0. The lowest BCUT2D eigenvalue weighted by atomic mass is 9.93. The normalized spacial score (nSPS) is 18.9. The molecule has 0 saturated carbocycles. The van der Waals surface area contributed by atoms with E-state index in [-0.39, 0.29) is 29.5 Å². The smallest absolute Gasteiger partial charge is 0.252 e. The van der Waals surface area contributed by atoms with Gasteiger partial charge in [0.2, 0.25) is 0 Å². The number of aryl methyl sites for hydroxylation is 1.